The Bertz CT molecular complexity index is 742. The maximum atomic E-state index is 8.32. The lowest BCUT2D eigenvalue weighted by atomic mass is 9.89. The van der Waals surface area contributed by atoms with Crippen molar-refractivity contribution in [3.63, 3.8) is 0 Å². The molecule has 0 aliphatic heterocycles. The first-order chi connectivity index (χ1) is 8.84. The van der Waals surface area contributed by atoms with Gasteiger partial charge in [0, 0.05) is 17.9 Å². The minimum absolute atomic E-state index is 0.224. The molecule has 1 unspecified atom stereocenters. The average molecular weight is 221 g/mol. The van der Waals surface area contributed by atoms with E-state index < -0.39 is 0 Å². The van der Waals surface area contributed by atoms with Gasteiger partial charge in [0.25, 0.3) is 0 Å². The Morgan fingerprint density at radius 1 is 1.00 bits per heavy atom. The Morgan fingerprint density at radius 2 is 1.82 bits per heavy atom. The summed E-state index contributed by atoms with van der Waals surface area (Å²) in [6.45, 7) is 0. The highest BCUT2D eigenvalue weighted by atomic mass is 16.3. The summed E-state index contributed by atoms with van der Waals surface area (Å²) >= 11 is 0. The molecule has 0 bridgehead atoms. The average Bonchev–Trinajstić information content (AvgIpc) is 2.79. The van der Waals surface area contributed by atoms with Gasteiger partial charge in [-0.05, 0) is 24.4 Å². The molecule has 0 radical (unpaired) electrons. The zero-order valence-corrected chi connectivity index (χ0v) is 9.31. The SMILES string of the molecule is [2H]C1Cc2ccccc2-c2oc3ccccc3c21. The van der Waals surface area contributed by atoms with Crippen molar-refractivity contribution in [3.05, 3.63) is 59.7 Å². The van der Waals surface area contributed by atoms with Gasteiger partial charge in [-0.25, -0.2) is 0 Å². The predicted octanol–water partition coefficient (Wildman–Crippen LogP) is 4.20. The number of hydrogen-bond donors (Lipinski definition) is 0. The monoisotopic (exact) mass is 221 g/mol. The zero-order chi connectivity index (χ0) is 12.1. The minimum Gasteiger partial charge on any atom is -0.456 e. The lowest BCUT2D eigenvalue weighted by Crippen LogP contribution is -2.01. The van der Waals surface area contributed by atoms with Crippen LogP contribution in [-0.2, 0) is 12.8 Å². The summed E-state index contributed by atoms with van der Waals surface area (Å²) in [5, 5.41) is 1.09. The van der Waals surface area contributed by atoms with E-state index in [0.717, 1.165) is 34.3 Å². The topological polar surface area (TPSA) is 13.1 Å². The molecule has 1 heterocycles. The van der Waals surface area contributed by atoms with Crippen LogP contribution >= 0.6 is 0 Å². The lowest BCUT2D eigenvalue weighted by molar-refractivity contribution is 0.621. The third kappa shape index (κ3) is 1.19. The number of fused-ring (bicyclic) bond motifs is 5. The fourth-order valence-electron chi connectivity index (χ4n) is 2.60. The molecule has 2 aromatic carbocycles. The van der Waals surface area contributed by atoms with E-state index in [1.54, 1.807) is 0 Å². The maximum absolute atomic E-state index is 8.32. The fraction of sp³-hybridized carbons (Fsp3) is 0.125. The van der Waals surface area contributed by atoms with Crippen LogP contribution in [0.3, 0.4) is 0 Å². The van der Waals surface area contributed by atoms with Gasteiger partial charge in [-0.2, -0.15) is 0 Å². The Labute approximate surface area is 101 Å². The standard InChI is InChI=1S/C16H12O/c1-2-6-12-11(5-1)9-10-14-13-7-3-4-8-15(13)17-16(12)14/h1-8H,9-10H2/i10D. The third-order valence-corrected chi connectivity index (χ3v) is 3.42. The molecule has 1 aromatic heterocycles. The van der Waals surface area contributed by atoms with Gasteiger partial charge in [0.05, 0.1) is 0 Å². The van der Waals surface area contributed by atoms with Crippen LogP contribution in [0.5, 0.6) is 0 Å². The van der Waals surface area contributed by atoms with Crippen LogP contribution < -0.4 is 0 Å². The van der Waals surface area contributed by atoms with Crippen LogP contribution in [0.25, 0.3) is 22.3 Å². The molecule has 1 aliphatic rings. The first-order valence-corrected chi connectivity index (χ1v) is 5.86. The Balaban J connectivity index is 2.12. The van der Waals surface area contributed by atoms with Gasteiger partial charge < -0.3 is 4.42 Å². The predicted molar refractivity (Wildman–Crippen MR) is 69.1 cm³/mol. The molecule has 1 heteroatoms. The molecule has 1 atom stereocenters. The van der Waals surface area contributed by atoms with E-state index in [0.29, 0.717) is 0 Å². The Morgan fingerprint density at radius 3 is 2.82 bits per heavy atom. The lowest BCUT2D eigenvalue weighted by Gasteiger charge is -2.14. The van der Waals surface area contributed by atoms with Gasteiger partial charge in [-0.15, -0.1) is 0 Å². The third-order valence-electron chi connectivity index (χ3n) is 3.42. The summed E-state index contributed by atoms with van der Waals surface area (Å²) in [5.74, 6) is 0.887. The molecule has 1 nitrogen and oxygen atoms in total. The molecule has 0 fully saturated rings. The minimum atomic E-state index is -0.224. The summed E-state index contributed by atoms with van der Waals surface area (Å²) in [6, 6.07) is 16.2. The molecule has 17 heavy (non-hydrogen) atoms. The highest BCUT2D eigenvalue weighted by Gasteiger charge is 2.21. The van der Waals surface area contributed by atoms with Crippen molar-refractivity contribution >= 4 is 11.0 Å². The number of para-hydroxylation sites is 1. The molecule has 82 valence electrons. The van der Waals surface area contributed by atoms with E-state index in [1.807, 2.05) is 36.4 Å². The van der Waals surface area contributed by atoms with Crippen LogP contribution in [0.1, 0.15) is 12.5 Å². The van der Waals surface area contributed by atoms with Crippen molar-refractivity contribution < 1.29 is 5.79 Å². The van der Waals surface area contributed by atoms with Crippen molar-refractivity contribution in [1.29, 1.82) is 0 Å². The summed E-state index contributed by atoms with van der Waals surface area (Å²) in [6.07, 6.45) is 0.547. The number of hydrogen-bond acceptors (Lipinski definition) is 1. The second-order valence-corrected chi connectivity index (χ2v) is 4.41. The van der Waals surface area contributed by atoms with E-state index in [1.165, 1.54) is 5.56 Å². The molecule has 1 aliphatic carbocycles. The second-order valence-electron chi connectivity index (χ2n) is 4.41. The molecule has 3 aromatic rings. The van der Waals surface area contributed by atoms with Gasteiger partial charge in [0.1, 0.15) is 11.3 Å². The summed E-state index contributed by atoms with van der Waals surface area (Å²) < 4.78 is 14.3. The fourth-order valence-corrected chi connectivity index (χ4v) is 2.60. The van der Waals surface area contributed by atoms with E-state index >= 15 is 0 Å². The molecular formula is C16H12O. The van der Waals surface area contributed by atoms with E-state index in [2.05, 4.69) is 12.1 Å². The normalized spacial score (nSPS) is 18.6. The zero-order valence-electron chi connectivity index (χ0n) is 10.3. The van der Waals surface area contributed by atoms with Gasteiger partial charge in [0.15, 0.2) is 0 Å². The van der Waals surface area contributed by atoms with Crippen LogP contribution in [-0.4, -0.2) is 0 Å². The van der Waals surface area contributed by atoms with Crippen molar-refractivity contribution in [1.82, 2.24) is 0 Å². The smallest absolute Gasteiger partial charge is 0.138 e. The van der Waals surface area contributed by atoms with Gasteiger partial charge >= 0.3 is 0 Å². The maximum Gasteiger partial charge on any atom is 0.138 e. The van der Waals surface area contributed by atoms with Gasteiger partial charge in [-0.3, -0.25) is 0 Å². The summed E-state index contributed by atoms with van der Waals surface area (Å²) in [5.41, 5.74) is 4.29. The van der Waals surface area contributed by atoms with E-state index in [4.69, 9.17) is 5.79 Å². The van der Waals surface area contributed by atoms with Crippen molar-refractivity contribution in [3.8, 4) is 11.3 Å². The largest absolute Gasteiger partial charge is 0.456 e. The second kappa shape index (κ2) is 3.24. The Kier molecular flexibility index (Phi) is 1.55. The first kappa shape index (κ1) is 8.13. The number of rotatable bonds is 0. The van der Waals surface area contributed by atoms with Crippen LogP contribution in [0.2, 0.25) is 0 Å². The highest BCUT2D eigenvalue weighted by molar-refractivity contribution is 5.89. The van der Waals surface area contributed by atoms with Crippen LogP contribution in [0, 0.1) is 0 Å². The van der Waals surface area contributed by atoms with Crippen LogP contribution in [0.4, 0.5) is 0 Å². The van der Waals surface area contributed by atoms with Crippen molar-refractivity contribution in [2.75, 3.05) is 0 Å². The molecule has 0 saturated carbocycles. The van der Waals surface area contributed by atoms with E-state index in [-0.39, 0.29) is 6.40 Å². The van der Waals surface area contributed by atoms with Gasteiger partial charge in [-0.1, -0.05) is 42.5 Å². The first-order valence-electron chi connectivity index (χ1n) is 6.44. The van der Waals surface area contributed by atoms with Crippen molar-refractivity contribution in [2.24, 2.45) is 0 Å². The molecule has 0 amide bonds. The Hall–Kier alpha value is -2.02. The highest BCUT2D eigenvalue weighted by Crippen LogP contribution is 2.39. The number of aryl methyl sites for hydroxylation is 2. The summed E-state index contributed by atoms with van der Waals surface area (Å²) in [7, 11) is 0. The molecule has 0 saturated heterocycles. The number of furan rings is 1. The molecular weight excluding hydrogens is 208 g/mol. The summed E-state index contributed by atoms with van der Waals surface area (Å²) in [4.78, 5) is 0. The molecule has 4 rings (SSSR count). The van der Waals surface area contributed by atoms with Crippen LogP contribution in [0.15, 0.2) is 52.9 Å². The van der Waals surface area contributed by atoms with Gasteiger partial charge in [0.2, 0.25) is 0 Å². The molecule has 0 spiro atoms. The number of benzene rings is 2. The quantitative estimate of drug-likeness (QED) is 0.554. The molecule has 0 N–H and O–H groups in total. The van der Waals surface area contributed by atoms with E-state index in [9.17, 15) is 0 Å². The van der Waals surface area contributed by atoms with Crippen molar-refractivity contribution in [2.45, 2.75) is 12.8 Å².